The van der Waals surface area contributed by atoms with Crippen LogP contribution in [0.5, 0.6) is 0 Å². The fraction of sp³-hybridized carbons (Fsp3) is 0.800. The molecule has 0 spiro atoms. The summed E-state index contributed by atoms with van der Waals surface area (Å²) in [5, 5.41) is 16.8. The maximum atomic E-state index is 8.38. The van der Waals surface area contributed by atoms with E-state index in [1.165, 1.54) is 0 Å². The van der Waals surface area contributed by atoms with Crippen LogP contribution in [0.3, 0.4) is 0 Å². The predicted molar refractivity (Wildman–Crippen MR) is 50.8 cm³/mol. The summed E-state index contributed by atoms with van der Waals surface area (Å²) in [6, 6.07) is 0. The molecule has 0 fully saturated rings. The number of hydrogen-bond donors (Lipinski definition) is 0. The predicted octanol–water partition coefficient (Wildman–Crippen LogP) is 2.32. The average Bonchev–Trinajstić information content (AvgIpc) is 2.01. The number of hydrogen-bond acceptors (Lipinski definition) is 4. The van der Waals surface area contributed by atoms with E-state index in [4.69, 9.17) is 20.0 Å². The van der Waals surface area contributed by atoms with Crippen LogP contribution in [-0.2, 0) is 9.47 Å². The van der Waals surface area contributed by atoms with E-state index in [0.717, 1.165) is 0 Å². The van der Waals surface area contributed by atoms with Crippen molar-refractivity contribution in [2.75, 3.05) is 0 Å². The Labute approximate surface area is 85.0 Å². The van der Waals surface area contributed by atoms with Crippen molar-refractivity contribution in [3.63, 3.8) is 0 Å². The van der Waals surface area contributed by atoms with Crippen LogP contribution in [0.15, 0.2) is 0 Å². The van der Waals surface area contributed by atoms with Gasteiger partial charge in [0.1, 0.15) is 11.2 Å². The minimum absolute atomic E-state index is 0.495. The zero-order valence-corrected chi connectivity index (χ0v) is 9.13. The third-order valence-electron chi connectivity index (χ3n) is 1.97. The summed E-state index contributed by atoms with van der Waals surface area (Å²) in [7, 11) is 0. The summed E-state index contributed by atoms with van der Waals surface area (Å²) < 4.78 is 9.74. The molecule has 0 aliphatic carbocycles. The lowest BCUT2D eigenvalue weighted by atomic mass is 9.94. The molecule has 0 aliphatic rings. The summed E-state index contributed by atoms with van der Waals surface area (Å²) >= 11 is 0. The summed E-state index contributed by atoms with van der Waals surface area (Å²) in [6.07, 6.45) is 4.66. The van der Waals surface area contributed by atoms with Gasteiger partial charge in [-0.05, 0) is 40.5 Å². The maximum Gasteiger partial charge on any atom is 0.286 e. The molecule has 0 atom stereocenters. The van der Waals surface area contributed by atoms with Gasteiger partial charge in [0.15, 0.2) is 0 Å². The highest BCUT2D eigenvalue weighted by atomic mass is 16.5. The Morgan fingerprint density at radius 2 is 1.14 bits per heavy atom. The van der Waals surface area contributed by atoms with Crippen LogP contribution < -0.4 is 0 Å². The van der Waals surface area contributed by atoms with Gasteiger partial charge in [-0.3, -0.25) is 0 Å². The van der Waals surface area contributed by atoms with Crippen molar-refractivity contribution in [1.29, 1.82) is 10.5 Å². The van der Waals surface area contributed by atoms with Crippen molar-refractivity contribution < 1.29 is 9.47 Å². The minimum atomic E-state index is -0.495. The lowest BCUT2D eigenvalue weighted by Crippen LogP contribution is -2.29. The monoisotopic (exact) mass is 196 g/mol. The fourth-order valence-corrected chi connectivity index (χ4v) is 0.951. The van der Waals surface area contributed by atoms with Crippen molar-refractivity contribution in [3.05, 3.63) is 0 Å². The molecule has 0 saturated carbocycles. The normalized spacial score (nSPS) is 11.3. The number of rotatable bonds is 5. The van der Waals surface area contributed by atoms with Gasteiger partial charge in [0.25, 0.3) is 12.5 Å². The van der Waals surface area contributed by atoms with Gasteiger partial charge in [-0.2, -0.15) is 10.5 Å². The molecule has 78 valence electrons. The average molecular weight is 196 g/mol. The highest BCUT2D eigenvalue weighted by Gasteiger charge is 2.26. The molecule has 0 N–H and O–H groups in total. The van der Waals surface area contributed by atoms with Crippen LogP contribution in [-0.4, -0.2) is 11.2 Å². The molecule has 0 aliphatic heterocycles. The standard InChI is InChI=1S/C10H16N2O2/c1-9(2,13-7-11)5-6-10(3,4)14-8-12/h5-6H2,1-4H3. The molecular weight excluding hydrogens is 180 g/mol. The Hall–Kier alpha value is -1.42. The Bertz CT molecular complexity index is 230. The van der Waals surface area contributed by atoms with E-state index in [0.29, 0.717) is 12.8 Å². The second-order valence-corrected chi connectivity index (χ2v) is 4.41. The number of nitrogens with zero attached hydrogens (tertiary/aromatic N) is 2. The summed E-state index contributed by atoms with van der Waals surface area (Å²) in [6.45, 7) is 7.33. The molecule has 0 saturated heterocycles. The van der Waals surface area contributed by atoms with Gasteiger partial charge >= 0.3 is 0 Å². The summed E-state index contributed by atoms with van der Waals surface area (Å²) in [5.41, 5.74) is -0.990. The van der Waals surface area contributed by atoms with E-state index in [9.17, 15) is 0 Å². The van der Waals surface area contributed by atoms with Gasteiger partial charge in [-0.15, -0.1) is 0 Å². The Kier molecular flexibility index (Phi) is 4.24. The topological polar surface area (TPSA) is 66.0 Å². The van der Waals surface area contributed by atoms with Crippen molar-refractivity contribution in [1.82, 2.24) is 0 Å². The van der Waals surface area contributed by atoms with Crippen LogP contribution in [0.25, 0.3) is 0 Å². The lowest BCUT2D eigenvalue weighted by molar-refractivity contribution is 0.0123. The van der Waals surface area contributed by atoms with Crippen molar-refractivity contribution in [2.45, 2.75) is 51.7 Å². The van der Waals surface area contributed by atoms with Crippen molar-refractivity contribution in [2.24, 2.45) is 0 Å². The van der Waals surface area contributed by atoms with Crippen molar-refractivity contribution in [3.8, 4) is 12.5 Å². The van der Waals surface area contributed by atoms with Crippen LogP contribution in [0.1, 0.15) is 40.5 Å². The molecule has 0 rings (SSSR count). The second-order valence-electron chi connectivity index (χ2n) is 4.41. The Morgan fingerprint density at radius 3 is 1.36 bits per heavy atom. The first kappa shape index (κ1) is 12.6. The van der Waals surface area contributed by atoms with E-state index < -0.39 is 11.2 Å². The van der Waals surface area contributed by atoms with Crippen LogP contribution in [0.4, 0.5) is 0 Å². The largest absolute Gasteiger partial charge is 0.421 e. The van der Waals surface area contributed by atoms with Crippen LogP contribution >= 0.6 is 0 Å². The number of ether oxygens (including phenoxy) is 2. The molecule has 14 heavy (non-hydrogen) atoms. The van der Waals surface area contributed by atoms with Crippen LogP contribution in [0.2, 0.25) is 0 Å². The smallest absolute Gasteiger partial charge is 0.286 e. The van der Waals surface area contributed by atoms with Gasteiger partial charge in [-0.1, -0.05) is 0 Å². The molecule has 0 heterocycles. The van der Waals surface area contributed by atoms with E-state index in [-0.39, 0.29) is 0 Å². The molecule has 0 radical (unpaired) electrons. The molecule has 4 heteroatoms. The quantitative estimate of drug-likeness (QED) is 0.633. The van der Waals surface area contributed by atoms with Gasteiger partial charge < -0.3 is 9.47 Å². The maximum absolute atomic E-state index is 8.38. The zero-order valence-electron chi connectivity index (χ0n) is 9.13. The van der Waals surface area contributed by atoms with Crippen molar-refractivity contribution >= 4 is 0 Å². The molecule has 0 unspecified atom stereocenters. The first-order valence-electron chi connectivity index (χ1n) is 4.47. The van der Waals surface area contributed by atoms with Gasteiger partial charge in [0.05, 0.1) is 0 Å². The fourth-order valence-electron chi connectivity index (χ4n) is 0.951. The molecule has 0 aromatic carbocycles. The lowest BCUT2D eigenvalue weighted by Gasteiger charge is -2.27. The molecule has 0 aromatic heterocycles. The SMILES string of the molecule is CC(C)(CCC(C)(C)OC#N)OC#N. The Balaban J connectivity index is 4.06. The molecule has 0 aromatic rings. The van der Waals surface area contributed by atoms with E-state index in [2.05, 4.69) is 0 Å². The molecule has 0 amide bonds. The van der Waals surface area contributed by atoms with E-state index in [1.54, 1.807) is 12.5 Å². The van der Waals surface area contributed by atoms with Crippen LogP contribution in [0, 0.1) is 23.0 Å². The highest BCUT2D eigenvalue weighted by molar-refractivity contribution is 4.80. The van der Waals surface area contributed by atoms with E-state index >= 15 is 0 Å². The van der Waals surface area contributed by atoms with E-state index in [1.807, 2.05) is 27.7 Å². The third kappa shape index (κ3) is 5.27. The van der Waals surface area contributed by atoms with Gasteiger partial charge in [0, 0.05) is 0 Å². The molecule has 4 nitrogen and oxygen atoms in total. The zero-order chi connectivity index (χ0) is 11.2. The summed E-state index contributed by atoms with van der Waals surface area (Å²) in [5.74, 6) is 0. The molecule has 0 bridgehead atoms. The van der Waals surface area contributed by atoms with Gasteiger partial charge in [0.2, 0.25) is 0 Å². The first-order valence-corrected chi connectivity index (χ1v) is 4.47. The number of nitriles is 2. The Morgan fingerprint density at radius 1 is 0.857 bits per heavy atom. The summed E-state index contributed by atoms with van der Waals surface area (Å²) in [4.78, 5) is 0. The third-order valence-corrected chi connectivity index (χ3v) is 1.97. The minimum Gasteiger partial charge on any atom is -0.421 e. The molecular formula is C10H16N2O2. The second kappa shape index (κ2) is 4.72. The first-order chi connectivity index (χ1) is 6.33. The highest BCUT2D eigenvalue weighted by Crippen LogP contribution is 2.24. The van der Waals surface area contributed by atoms with Gasteiger partial charge in [-0.25, -0.2) is 0 Å².